The van der Waals surface area contributed by atoms with Gasteiger partial charge in [0.2, 0.25) is 5.91 Å². The summed E-state index contributed by atoms with van der Waals surface area (Å²) in [6.07, 6.45) is 0.221. The number of nitrogens with one attached hydrogen (secondary N) is 1. The van der Waals surface area contributed by atoms with E-state index in [1.807, 2.05) is 0 Å². The van der Waals surface area contributed by atoms with Gasteiger partial charge in [-0.15, -0.1) is 0 Å². The predicted octanol–water partition coefficient (Wildman–Crippen LogP) is 3.07. The van der Waals surface area contributed by atoms with E-state index in [0.717, 1.165) is 12.1 Å². The Kier molecular flexibility index (Phi) is 7.95. The molecule has 1 aromatic rings. The number of rotatable bonds is 9. The van der Waals surface area contributed by atoms with Crippen LogP contribution in [0.1, 0.15) is 33.3 Å². The molecule has 0 saturated heterocycles. The maximum Gasteiger partial charge on any atom is 0.387 e. The van der Waals surface area contributed by atoms with Crippen LogP contribution in [0.4, 0.5) is 8.78 Å². The average Bonchev–Trinajstić information content (AvgIpc) is 2.44. The molecule has 0 aliphatic heterocycles. The number of hydrogen-bond donors (Lipinski definition) is 1. The summed E-state index contributed by atoms with van der Waals surface area (Å²) in [7, 11) is 0. The highest BCUT2D eigenvalue weighted by Gasteiger charge is 2.13. The molecule has 23 heavy (non-hydrogen) atoms. The lowest BCUT2D eigenvalue weighted by molar-refractivity contribution is -0.120. The van der Waals surface area contributed by atoms with Gasteiger partial charge >= 0.3 is 6.61 Å². The Morgan fingerprint density at radius 1 is 1.13 bits per heavy atom. The highest BCUT2D eigenvalue weighted by molar-refractivity contribution is 5.78. The number of nitrogens with zero attached hydrogens (tertiary/aromatic N) is 1. The van der Waals surface area contributed by atoms with Crippen LogP contribution < -0.4 is 10.1 Å². The van der Waals surface area contributed by atoms with Crippen molar-refractivity contribution in [2.45, 2.75) is 52.8 Å². The number of ether oxygens (including phenoxy) is 1. The van der Waals surface area contributed by atoms with Gasteiger partial charge in [-0.25, -0.2) is 0 Å². The summed E-state index contributed by atoms with van der Waals surface area (Å²) in [5.74, 6) is 0.00802. The molecular weight excluding hydrogens is 302 g/mol. The number of alkyl halides is 2. The van der Waals surface area contributed by atoms with Crippen molar-refractivity contribution >= 4 is 5.91 Å². The van der Waals surface area contributed by atoms with Crippen LogP contribution >= 0.6 is 0 Å². The lowest BCUT2D eigenvalue weighted by atomic mass is 10.1. The minimum Gasteiger partial charge on any atom is -0.435 e. The highest BCUT2D eigenvalue weighted by atomic mass is 19.3. The van der Waals surface area contributed by atoms with Gasteiger partial charge in [-0.05, 0) is 45.4 Å². The average molecular weight is 328 g/mol. The molecule has 0 heterocycles. The van der Waals surface area contributed by atoms with Gasteiger partial charge in [-0.1, -0.05) is 12.1 Å². The van der Waals surface area contributed by atoms with E-state index in [1.165, 1.54) is 12.1 Å². The molecular formula is C17H26F2N2O2. The summed E-state index contributed by atoms with van der Waals surface area (Å²) in [5, 5.41) is 2.89. The number of amides is 1. The molecule has 0 aliphatic carbocycles. The Morgan fingerprint density at radius 3 is 2.17 bits per heavy atom. The summed E-state index contributed by atoms with van der Waals surface area (Å²) in [4.78, 5) is 14.2. The Hall–Kier alpha value is -1.69. The number of halogens is 2. The minimum atomic E-state index is -2.84. The maximum atomic E-state index is 12.1. The molecule has 1 rings (SSSR count). The molecule has 6 heteroatoms. The Labute approximate surface area is 136 Å². The molecule has 1 N–H and O–H groups in total. The van der Waals surface area contributed by atoms with Crippen molar-refractivity contribution in [2.24, 2.45) is 0 Å². The van der Waals surface area contributed by atoms with Crippen LogP contribution in [0.3, 0.4) is 0 Å². The molecule has 4 nitrogen and oxygen atoms in total. The van der Waals surface area contributed by atoms with Crippen LogP contribution in [0, 0.1) is 0 Å². The largest absolute Gasteiger partial charge is 0.435 e. The van der Waals surface area contributed by atoms with Crippen molar-refractivity contribution in [3.05, 3.63) is 29.8 Å². The SMILES string of the molecule is CC(C)N(CCNC(=O)Cc1ccc(OC(F)F)cc1)C(C)C. The van der Waals surface area contributed by atoms with E-state index in [0.29, 0.717) is 18.6 Å². The van der Waals surface area contributed by atoms with Crippen molar-refractivity contribution < 1.29 is 18.3 Å². The van der Waals surface area contributed by atoms with Gasteiger partial charge in [0, 0.05) is 25.2 Å². The molecule has 130 valence electrons. The van der Waals surface area contributed by atoms with E-state index >= 15 is 0 Å². The molecule has 1 aromatic carbocycles. The van der Waals surface area contributed by atoms with E-state index in [-0.39, 0.29) is 18.1 Å². The zero-order valence-corrected chi connectivity index (χ0v) is 14.2. The van der Waals surface area contributed by atoms with Gasteiger partial charge in [0.15, 0.2) is 0 Å². The molecule has 0 fully saturated rings. The number of benzene rings is 1. The summed E-state index contributed by atoms with van der Waals surface area (Å²) in [6.45, 7) is 7.06. The highest BCUT2D eigenvalue weighted by Crippen LogP contribution is 2.15. The van der Waals surface area contributed by atoms with Crippen molar-refractivity contribution in [3.8, 4) is 5.75 Å². The fourth-order valence-corrected chi connectivity index (χ4v) is 2.47. The fourth-order valence-electron chi connectivity index (χ4n) is 2.47. The standard InChI is InChI=1S/C17H26F2N2O2/c1-12(2)21(13(3)4)10-9-20-16(22)11-14-5-7-15(8-6-14)23-17(18)19/h5-8,12-13,17H,9-11H2,1-4H3,(H,20,22). The van der Waals surface area contributed by atoms with Gasteiger partial charge in [0.05, 0.1) is 6.42 Å². The third-order valence-corrected chi connectivity index (χ3v) is 3.53. The summed E-state index contributed by atoms with van der Waals surface area (Å²) >= 11 is 0. The molecule has 0 atom stereocenters. The minimum absolute atomic E-state index is 0.0833. The van der Waals surface area contributed by atoms with Crippen LogP contribution in [0.2, 0.25) is 0 Å². The first-order valence-electron chi connectivity index (χ1n) is 7.85. The summed E-state index contributed by atoms with van der Waals surface area (Å²) in [6, 6.07) is 6.96. The van der Waals surface area contributed by atoms with Gasteiger partial charge in [0.1, 0.15) is 5.75 Å². The third kappa shape index (κ3) is 7.41. The van der Waals surface area contributed by atoms with E-state index in [9.17, 15) is 13.6 Å². The van der Waals surface area contributed by atoms with E-state index in [1.54, 1.807) is 12.1 Å². The summed E-state index contributed by atoms with van der Waals surface area (Å²) in [5.41, 5.74) is 0.758. The number of carbonyl (C=O) groups is 1. The van der Waals surface area contributed by atoms with Crippen molar-refractivity contribution in [1.82, 2.24) is 10.2 Å². The maximum absolute atomic E-state index is 12.1. The second-order valence-electron chi connectivity index (χ2n) is 5.97. The van der Waals surface area contributed by atoms with Gasteiger partial charge in [-0.2, -0.15) is 8.78 Å². The molecule has 0 spiro atoms. The van der Waals surface area contributed by atoms with E-state index < -0.39 is 6.61 Å². The lowest BCUT2D eigenvalue weighted by Crippen LogP contribution is -2.42. The predicted molar refractivity (Wildman–Crippen MR) is 86.8 cm³/mol. The van der Waals surface area contributed by atoms with Gasteiger partial charge in [0.25, 0.3) is 0 Å². The van der Waals surface area contributed by atoms with Crippen molar-refractivity contribution in [2.75, 3.05) is 13.1 Å². The number of carbonyl (C=O) groups excluding carboxylic acids is 1. The zero-order chi connectivity index (χ0) is 17.4. The number of hydrogen-bond acceptors (Lipinski definition) is 3. The Bertz CT molecular complexity index is 468. The normalized spacial score (nSPS) is 11.6. The van der Waals surface area contributed by atoms with Gasteiger partial charge < -0.3 is 10.1 Å². The first kappa shape index (κ1) is 19.4. The van der Waals surface area contributed by atoms with Crippen molar-refractivity contribution in [1.29, 1.82) is 0 Å². The van der Waals surface area contributed by atoms with Crippen LogP contribution in [0.5, 0.6) is 5.75 Å². The molecule has 1 amide bonds. The molecule has 0 radical (unpaired) electrons. The zero-order valence-electron chi connectivity index (χ0n) is 14.2. The molecule has 0 unspecified atom stereocenters. The summed E-state index contributed by atoms with van der Waals surface area (Å²) < 4.78 is 28.4. The topological polar surface area (TPSA) is 41.6 Å². The second kappa shape index (κ2) is 9.45. The lowest BCUT2D eigenvalue weighted by Gasteiger charge is -2.30. The Morgan fingerprint density at radius 2 is 1.70 bits per heavy atom. The molecule has 0 saturated carbocycles. The third-order valence-electron chi connectivity index (χ3n) is 3.53. The van der Waals surface area contributed by atoms with E-state index in [4.69, 9.17) is 0 Å². The molecule has 0 bridgehead atoms. The molecule has 0 aliphatic rings. The van der Waals surface area contributed by atoms with E-state index in [2.05, 4.69) is 42.6 Å². The Balaban J connectivity index is 2.39. The smallest absolute Gasteiger partial charge is 0.387 e. The van der Waals surface area contributed by atoms with Gasteiger partial charge in [-0.3, -0.25) is 9.69 Å². The molecule has 0 aromatic heterocycles. The quantitative estimate of drug-likeness (QED) is 0.757. The first-order chi connectivity index (χ1) is 10.8. The first-order valence-corrected chi connectivity index (χ1v) is 7.85. The second-order valence-corrected chi connectivity index (χ2v) is 5.97. The van der Waals surface area contributed by atoms with Crippen LogP contribution in [0.15, 0.2) is 24.3 Å². The van der Waals surface area contributed by atoms with Crippen LogP contribution in [-0.4, -0.2) is 42.6 Å². The monoisotopic (exact) mass is 328 g/mol. The van der Waals surface area contributed by atoms with Crippen molar-refractivity contribution in [3.63, 3.8) is 0 Å². The van der Waals surface area contributed by atoms with Crippen LogP contribution in [-0.2, 0) is 11.2 Å². The fraction of sp³-hybridized carbons (Fsp3) is 0.588. The van der Waals surface area contributed by atoms with Crippen LogP contribution in [0.25, 0.3) is 0 Å².